The van der Waals surface area contributed by atoms with Gasteiger partial charge in [-0.3, -0.25) is 0 Å². The zero-order chi connectivity index (χ0) is 12.5. The van der Waals surface area contributed by atoms with E-state index in [0.29, 0.717) is 0 Å². The van der Waals surface area contributed by atoms with Gasteiger partial charge in [-0.2, -0.15) is 0 Å². The molecule has 0 N–H and O–H groups in total. The van der Waals surface area contributed by atoms with E-state index in [1.807, 2.05) is 0 Å². The molecule has 1 aromatic carbocycles. The fourth-order valence-electron chi connectivity index (χ4n) is 3.74. The molecule has 98 valence electrons. The van der Waals surface area contributed by atoms with Crippen LogP contribution in [0.3, 0.4) is 0 Å². The van der Waals surface area contributed by atoms with E-state index >= 15 is 0 Å². The van der Waals surface area contributed by atoms with Crippen molar-refractivity contribution in [3.63, 3.8) is 0 Å². The summed E-state index contributed by atoms with van der Waals surface area (Å²) in [7, 11) is 0. The zero-order valence-electron chi connectivity index (χ0n) is 11.2. The number of fused-ring (bicyclic) bond motifs is 1. The number of nitrogens with zero attached hydrogens (tertiary/aromatic N) is 1. The Balaban J connectivity index is 1.84. The first-order valence-corrected chi connectivity index (χ1v) is 8.34. The average molecular weight is 308 g/mol. The van der Waals surface area contributed by atoms with Crippen LogP contribution in [-0.2, 0) is 5.33 Å². The average Bonchev–Trinajstić information content (AvgIpc) is 2.82. The summed E-state index contributed by atoms with van der Waals surface area (Å²) in [6.07, 6.45) is 7.15. The summed E-state index contributed by atoms with van der Waals surface area (Å²) in [4.78, 5) is 2.68. The molecule has 1 nitrogen and oxygen atoms in total. The van der Waals surface area contributed by atoms with E-state index in [1.54, 1.807) is 0 Å². The van der Waals surface area contributed by atoms with Crippen LogP contribution < -0.4 is 4.90 Å². The lowest BCUT2D eigenvalue weighted by atomic mass is 9.85. The Morgan fingerprint density at radius 2 is 2.06 bits per heavy atom. The Labute approximate surface area is 119 Å². The van der Waals surface area contributed by atoms with Crippen molar-refractivity contribution in [2.45, 2.75) is 50.4 Å². The van der Waals surface area contributed by atoms with Crippen molar-refractivity contribution < 1.29 is 0 Å². The molecular weight excluding hydrogens is 286 g/mol. The van der Waals surface area contributed by atoms with Gasteiger partial charge in [-0.15, -0.1) is 0 Å². The molecule has 18 heavy (non-hydrogen) atoms. The van der Waals surface area contributed by atoms with Gasteiger partial charge in [0.1, 0.15) is 0 Å². The Bertz CT molecular complexity index is 429. The first-order chi connectivity index (χ1) is 8.79. The highest BCUT2D eigenvalue weighted by atomic mass is 79.9. The van der Waals surface area contributed by atoms with Crippen molar-refractivity contribution in [2.24, 2.45) is 5.92 Å². The molecule has 0 radical (unpaired) electrons. The molecule has 0 amide bonds. The minimum Gasteiger partial charge on any atom is -0.368 e. The summed E-state index contributed by atoms with van der Waals surface area (Å²) in [5.41, 5.74) is 4.29. The van der Waals surface area contributed by atoms with E-state index in [2.05, 4.69) is 46.0 Å². The fourth-order valence-corrected chi connectivity index (χ4v) is 4.36. The van der Waals surface area contributed by atoms with Gasteiger partial charge in [0.2, 0.25) is 0 Å². The number of anilines is 1. The number of halogens is 1. The zero-order valence-corrected chi connectivity index (χ0v) is 12.7. The lowest BCUT2D eigenvalue weighted by Crippen LogP contribution is -2.34. The van der Waals surface area contributed by atoms with Gasteiger partial charge in [-0.1, -0.05) is 34.8 Å². The van der Waals surface area contributed by atoms with Gasteiger partial charge in [0, 0.05) is 23.6 Å². The summed E-state index contributed by atoms with van der Waals surface area (Å²) >= 11 is 3.56. The minimum absolute atomic E-state index is 0.827. The van der Waals surface area contributed by atoms with Crippen molar-refractivity contribution in [1.29, 1.82) is 0 Å². The summed E-state index contributed by atoms with van der Waals surface area (Å²) in [6, 6.07) is 7.82. The van der Waals surface area contributed by atoms with Crippen LogP contribution >= 0.6 is 15.9 Å². The van der Waals surface area contributed by atoms with Crippen LogP contribution in [0.15, 0.2) is 18.2 Å². The second kappa shape index (κ2) is 5.24. The van der Waals surface area contributed by atoms with E-state index in [1.165, 1.54) is 55.5 Å². The third-order valence-electron chi connectivity index (χ3n) is 4.81. The Morgan fingerprint density at radius 1 is 1.22 bits per heavy atom. The second-order valence-electron chi connectivity index (χ2n) is 5.84. The van der Waals surface area contributed by atoms with Gasteiger partial charge >= 0.3 is 0 Å². The maximum absolute atomic E-state index is 3.56. The minimum atomic E-state index is 0.827. The molecule has 1 saturated heterocycles. The van der Waals surface area contributed by atoms with Crippen molar-refractivity contribution in [1.82, 2.24) is 0 Å². The molecule has 0 spiro atoms. The lowest BCUT2D eigenvalue weighted by molar-refractivity contribution is 0.342. The number of hydrogen-bond acceptors (Lipinski definition) is 1. The summed E-state index contributed by atoms with van der Waals surface area (Å²) in [6.45, 7) is 3.50. The Kier molecular flexibility index (Phi) is 3.65. The molecule has 1 saturated carbocycles. The molecule has 1 aliphatic carbocycles. The van der Waals surface area contributed by atoms with Crippen molar-refractivity contribution in [2.75, 3.05) is 11.4 Å². The van der Waals surface area contributed by atoms with Crippen molar-refractivity contribution in [3.8, 4) is 0 Å². The summed E-state index contributed by atoms with van der Waals surface area (Å²) in [5.74, 6) is 0.968. The van der Waals surface area contributed by atoms with Gasteiger partial charge in [-0.25, -0.2) is 0 Å². The predicted molar refractivity (Wildman–Crippen MR) is 81.5 cm³/mol. The summed E-state index contributed by atoms with van der Waals surface area (Å²) < 4.78 is 0. The molecule has 0 aromatic heterocycles. The molecule has 1 heterocycles. The van der Waals surface area contributed by atoms with Gasteiger partial charge in [0.05, 0.1) is 0 Å². The van der Waals surface area contributed by atoms with Crippen LogP contribution in [0.25, 0.3) is 0 Å². The van der Waals surface area contributed by atoms with Gasteiger partial charge in [-0.05, 0) is 55.4 Å². The van der Waals surface area contributed by atoms with Gasteiger partial charge in [0.15, 0.2) is 0 Å². The monoisotopic (exact) mass is 307 g/mol. The van der Waals surface area contributed by atoms with E-state index in [-0.39, 0.29) is 0 Å². The topological polar surface area (TPSA) is 3.24 Å². The first-order valence-electron chi connectivity index (χ1n) is 7.21. The molecule has 2 unspecified atom stereocenters. The third kappa shape index (κ3) is 2.20. The van der Waals surface area contributed by atoms with Crippen LogP contribution in [0.1, 0.15) is 43.2 Å². The largest absolute Gasteiger partial charge is 0.368 e. The van der Waals surface area contributed by atoms with Gasteiger partial charge < -0.3 is 4.90 Å². The highest BCUT2D eigenvalue weighted by molar-refractivity contribution is 9.08. The van der Waals surface area contributed by atoms with E-state index in [9.17, 15) is 0 Å². The van der Waals surface area contributed by atoms with Crippen LogP contribution in [-0.4, -0.2) is 12.6 Å². The third-order valence-corrected chi connectivity index (χ3v) is 5.42. The molecule has 2 heteroatoms. The number of alkyl halides is 1. The Morgan fingerprint density at radius 3 is 2.83 bits per heavy atom. The Hall–Kier alpha value is -0.500. The SMILES string of the molecule is Cc1cc(N2CCC3CCCCC32)ccc1CBr. The van der Waals surface area contributed by atoms with Crippen LogP contribution in [0.5, 0.6) is 0 Å². The normalized spacial score (nSPS) is 27.3. The molecule has 2 fully saturated rings. The molecule has 2 aliphatic rings. The summed E-state index contributed by atoms with van der Waals surface area (Å²) in [5, 5.41) is 0.963. The standard InChI is InChI=1S/C16H22BrN/c1-12-10-15(7-6-14(12)11-17)18-9-8-13-4-2-3-5-16(13)18/h6-7,10,13,16H,2-5,8-9,11H2,1H3. The predicted octanol–water partition coefficient (Wildman–Crippen LogP) is 4.66. The maximum Gasteiger partial charge on any atom is 0.0371 e. The second-order valence-corrected chi connectivity index (χ2v) is 6.40. The van der Waals surface area contributed by atoms with Crippen LogP contribution in [0, 0.1) is 12.8 Å². The molecule has 0 bridgehead atoms. The highest BCUT2D eigenvalue weighted by Crippen LogP contribution is 2.39. The smallest absolute Gasteiger partial charge is 0.0371 e. The van der Waals surface area contributed by atoms with E-state index in [0.717, 1.165) is 17.3 Å². The first kappa shape index (κ1) is 12.5. The number of aryl methyl sites for hydroxylation is 1. The van der Waals surface area contributed by atoms with Crippen molar-refractivity contribution >= 4 is 21.6 Å². The lowest BCUT2D eigenvalue weighted by Gasteiger charge is -2.33. The van der Waals surface area contributed by atoms with E-state index in [4.69, 9.17) is 0 Å². The van der Waals surface area contributed by atoms with Crippen LogP contribution in [0.2, 0.25) is 0 Å². The quantitative estimate of drug-likeness (QED) is 0.718. The molecular formula is C16H22BrN. The molecule has 1 aliphatic heterocycles. The van der Waals surface area contributed by atoms with Crippen molar-refractivity contribution in [3.05, 3.63) is 29.3 Å². The highest BCUT2D eigenvalue weighted by Gasteiger charge is 2.35. The molecule has 2 atom stereocenters. The van der Waals surface area contributed by atoms with Crippen LogP contribution in [0.4, 0.5) is 5.69 Å². The number of rotatable bonds is 2. The number of benzene rings is 1. The molecule has 1 aromatic rings. The number of hydrogen-bond donors (Lipinski definition) is 0. The maximum atomic E-state index is 3.56. The fraction of sp³-hybridized carbons (Fsp3) is 0.625. The van der Waals surface area contributed by atoms with E-state index < -0.39 is 0 Å². The van der Waals surface area contributed by atoms with Gasteiger partial charge in [0.25, 0.3) is 0 Å². The molecule has 3 rings (SSSR count).